The van der Waals surface area contributed by atoms with E-state index in [0.717, 1.165) is 17.1 Å². The van der Waals surface area contributed by atoms with Crippen molar-refractivity contribution in [3.05, 3.63) is 48.2 Å². The maximum Gasteiger partial charge on any atom is 0.130 e. The Balaban J connectivity index is 2.23. The molecule has 0 spiro atoms. The lowest BCUT2D eigenvalue weighted by atomic mass is 10.2. The van der Waals surface area contributed by atoms with Gasteiger partial charge >= 0.3 is 0 Å². The standard InChI is InChI=1S/C12H14N4/c13-7-9-3-1-2-4-11(9)16-12-6-5-10(14)8-15-12/h1-6,8H,7,13-14H2,(H,15,16). The van der Waals surface area contributed by atoms with E-state index in [1.807, 2.05) is 30.3 Å². The molecule has 82 valence electrons. The maximum atomic E-state index is 5.65. The molecule has 0 saturated carbocycles. The largest absolute Gasteiger partial charge is 0.397 e. The quantitative estimate of drug-likeness (QED) is 0.729. The number of nitrogens with two attached hydrogens (primary N) is 2. The van der Waals surface area contributed by atoms with Crippen LogP contribution >= 0.6 is 0 Å². The summed E-state index contributed by atoms with van der Waals surface area (Å²) in [5.74, 6) is 0.759. The minimum Gasteiger partial charge on any atom is -0.397 e. The molecule has 1 aromatic heterocycles. The molecule has 1 heterocycles. The third kappa shape index (κ3) is 2.29. The lowest BCUT2D eigenvalue weighted by Crippen LogP contribution is -2.02. The van der Waals surface area contributed by atoms with Gasteiger partial charge in [-0.15, -0.1) is 0 Å². The zero-order chi connectivity index (χ0) is 11.4. The zero-order valence-corrected chi connectivity index (χ0v) is 8.85. The van der Waals surface area contributed by atoms with Crippen LogP contribution in [0.5, 0.6) is 0 Å². The Hall–Kier alpha value is -2.07. The first-order chi connectivity index (χ1) is 7.79. The molecule has 0 atom stereocenters. The molecule has 0 amide bonds. The SMILES string of the molecule is NCc1ccccc1Nc1ccc(N)cn1. The minimum absolute atomic E-state index is 0.498. The van der Waals surface area contributed by atoms with E-state index in [0.29, 0.717) is 12.2 Å². The Morgan fingerprint density at radius 1 is 1.12 bits per heavy atom. The Bertz CT molecular complexity index is 465. The van der Waals surface area contributed by atoms with Crippen molar-refractivity contribution in [2.75, 3.05) is 11.1 Å². The number of benzene rings is 1. The van der Waals surface area contributed by atoms with Crippen LogP contribution in [0, 0.1) is 0 Å². The number of nitrogens with zero attached hydrogens (tertiary/aromatic N) is 1. The molecular weight excluding hydrogens is 200 g/mol. The molecule has 2 rings (SSSR count). The van der Waals surface area contributed by atoms with Gasteiger partial charge in [-0.05, 0) is 23.8 Å². The number of nitrogens with one attached hydrogen (secondary N) is 1. The van der Waals surface area contributed by atoms with Crippen molar-refractivity contribution in [2.24, 2.45) is 5.73 Å². The Morgan fingerprint density at radius 3 is 2.62 bits per heavy atom. The van der Waals surface area contributed by atoms with Crippen LogP contribution in [0.2, 0.25) is 0 Å². The zero-order valence-electron chi connectivity index (χ0n) is 8.85. The van der Waals surface area contributed by atoms with Gasteiger partial charge in [-0.25, -0.2) is 4.98 Å². The molecule has 0 bridgehead atoms. The first kappa shape index (κ1) is 10.4. The van der Waals surface area contributed by atoms with E-state index in [-0.39, 0.29) is 0 Å². The van der Waals surface area contributed by atoms with Gasteiger partial charge in [-0.2, -0.15) is 0 Å². The summed E-state index contributed by atoms with van der Waals surface area (Å²) in [6.07, 6.45) is 1.62. The third-order valence-electron chi connectivity index (χ3n) is 2.29. The highest BCUT2D eigenvalue weighted by molar-refractivity contribution is 5.61. The number of aromatic nitrogens is 1. The fraction of sp³-hybridized carbons (Fsp3) is 0.0833. The molecule has 1 aromatic carbocycles. The molecular formula is C12H14N4. The van der Waals surface area contributed by atoms with Gasteiger partial charge in [0.15, 0.2) is 0 Å². The summed E-state index contributed by atoms with van der Waals surface area (Å²) in [5.41, 5.74) is 13.9. The van der Waals surface area contributed by atoms with Gasteiger partial charge in [-0.1, -0.05) is 18.2 Å². The van der Waals surface area contributed by atoms with Gasteiger partial charge in [0.2, 0.25) is 0 Å². The van der Waals surface area contributed by atoms with Crippen LogP contribution in [0.4, 0.5) is 17.2 Å². The molecule has 0 aliphatic rings. The first-order valence-corrected chi connectivity index (χ1v) is 5.06. The van der Waals surface area contributed by atoms with Gasteiger partial charge < -0.3 is 16.8 Å². The summed E-state index contributed by atoms with van der Waals surface area (Å²) in [6, 6.07) is 11.5. The molecule has 0 fully saturated rings. The highest BCUT2D eigenvalue weighted by atomic mass is 15.0. The monoisotopic (exact) mass is 214 g/mol. The summed E-state index contributed by atoms with van der Waals surface area (Å²) < 4.78 is 0. The van der Waals surface area contributed by atoms with E-state index < -0.39 is 0 Å². The molecule has 0 aliphatic heterocycles. The van der Waals surface area contributed by atoms with Crippen molar-refractivity contribution < 1.29 is 0 Å². The Labute approximate surface area is 94.3 Å². The van der Waals surface area contributed by atoms with Crippen molar-refractivity contribution in [1.82, 2.24) is 4.98 Å². The van der Waals surface area contributed by atoms with Crippen LogP contribution in [0.1, 0.15) is 5.56 Å². The lowest BCUT2D eigenvalue weighted by molar-refractivity contribution is 1.07. The van der Waals surface area contributed by atoms with E-state index >= 15 is 0 Å². The highest BCUT2D eigenvalue weighted by Gasteiger charge is 2.00. The molecule has 0 aliphatic carbocycles. The van der Waals surface area contributed by atoms with Crippen molar-refractivity contribution in [1.29, 1.82) is 0 Å². The van der Waals surface area contributed by atoms with Crippen molar-refractivity contribution >= 4 is 17.2 Å². The van der Waals surface area contributed by atoms with Gasteiger partial charge in [0.25, 0.3) is 0 Å². The molecule has 2 aromatic rings. The number of anilines is 3. The van der Waals surface area contributed by atoms with Crippen molar-refractivity contribution in [3.8, 4) is 0 Å². The lowest BCUT2D eigenvalue weighted by Gasteiger charge is -2.09. The van der Waals surface area contributed by atoms with E-state index in [1.54, 1.807) is 12.3 Å². The second kappa shape index (κ2) is 4.63. The van der Waals surface area contributed by atoms with Crippen LogP contribution in [0.3, 0.4) is 0 Å². The fourth-order valence-electron chi connectivity index (χ4n) is 1.44. The number of para-hydroxylation sites is 1. The smallest absolute Gasteiger partial charge is 0.130 e. The van der Waals surface area contributed by atoms with Crippen LogP contribution in [-0.4, -0.2) is 4.98 Å². The first-order valence-electron chi connectivity index (χ1n) is 5.06. The molecule has 0 radical (unpaired) electrons. The molecule has 16 heavy (non-hydrogen) atoms. The fourth-order valence-corrected chi connectivity index (χ4v) is 1.44. The van der Waals surface area contributed by atoms with Gasteiger partial charge in [0.1, 0.15) is 5.82 Å². The third-order valence-corrected chi connectivity index (χ3v) is 2.29. The second-order valence-corrected chi connectivity index (χ2v) is 3.46. The normalized spacial score (nSPS) is 10.1. The van der Waals surface area contributed by atoms with Crippen molar-refractivity contribution in [2.45, 2.75) is 6.54 Å². The summed E-state index contributed by atoms with van der Waals surface area (Å²) in [5, 5.41) is 3.20. The van der Waals surface area contributed by atoms with E-state index in [9.17, 15) is 0 Å². The number of rotatable bonds is 3. The van der Waals surface area contributed by atoms with E-state index in [1.165, 1.54) is 0 Å². The van der Waals surface area contributed by atoms with Gasteiger partial charge in [0, 0.05) is 12.2 Å². The molecule has 5 N–H and O–H groups in total. The average Bonchev–Trinajstić information content (AvgIpc) is 2.33. The van der Waals surface area contributed by atoms with Crippen LogP contribution in [0.15, 0.2) is 42.6 Å². The van der Waals surface area contributed by atoms with Gasteiger partial charge in [0.05, 0.1) is 11.9 Å². The summed E-state index contributed by atoms with van der Waals surface area (Å²) >= 11 is 0. The summed E-state index contributed by atoms with van der Waals surface area (Å²) in [4.78, 5) is 4.17. The number of nitrogen functional groups attached to an aromatic ring is 1. The molecule has 0 saturated heterocycles. The van der Waals surface area contributed by atoms with E-state index in [2.05, 4.69) is 10.3 Å². The topological polar surface area (TPSA) is 77.0 Å². The second-order valence-electron chi connectivity index (χ2n) is 3.46. The molecule has 4 nitrogen and oxygen atoms in total. The predicted octanol–water partition coefficient (Wildman–Crippen LogP) is 1.87. The van der Waals surface area contributed by atoms with Crippen molar-refractivity contribution in [3.63, 3.8) is 0 Å². The molecule has 4 heteroatoms. The summed E-state index contributed by atoms with van der Waals surface area (Å²) in [7, 11) is 0. The van der Waals surface area contributed by atoms with E-state index in [4.69, 9.17) is 11.5 Å². The maximum absolute atomic E-state index is 5.65. The molecule has 0 unspecified atom stereocenters. The Kier molecular flexibility index (Phi) is 3.03. The van der Waals surface area contributed by atoms with Crippen LogP contribution < -0.4 is 16.8 Å². The van der Waals surface area contributed by atoms with Crippen LogP contribution in [-0.2, 0) is 6.54 Å². The number of hydrogen-bond acceptors (Lipinski definition) is 4. The number of hydrogen-bond donors (Lipinski definition) is 3. The summed E-state index contributed by atoms with van der Waals surface area (Å²) in [6.45, 7) is 0.498. The number of pyridine rings is 1. The highest BCUT2D eigenvalue weighted by Crippen LogP contribution is 2.19. The van der Waals surface area contributed by atoms with Gasteiger partial charge in [-0.3, -0.25) is 0 Å². The Morgan fingerprint density at radius 2 is 1.94 bits per heavy atom. The minimum atomic E-state index is 0.498. The predicted molar refractivity (Wildman–Crippen MR) is 66.3 cm³/mol. The average molecular weight is 214 g/mol. The van der Waals surface area contributed by atoms with Crippen LogP contribution in [0.25, 0.3) is 0 Å².